The van der Waals surface area contributed by atoms with Crippen LogP contribution in [0.15, 0.2) is 53.7 Å². The van der Waals surface area contributed by atoms with Gasteiger partial charge < -0.3 is 5.32 Å². The zero-order valence-corrected chi connectivity index (χ0v) is 18.5. The number of nitrogens with zero attached hydrogens (tertiary/aromatic N) is 3. The summed E-state index contributed by atoms with van der Waals surface area (Å²) in [5.41, 5.74) is 3.67. The molecule has 3 aromatic rings. The number of nitrogens with one attached hydrogen (secondary N) is 2. The molecular weight excluding hydrogens is 422 g/mol. The Hall–Kier alpha value is -2.69. The lowest BCUT2D eigenvalue weighted by Crippen LogP contribution is -2.23. The second-order valence-electron chi connectivity index (χ2n) is 6.87. The standard InChI is InChI=1S/C20H23N5O3S2/c1-14-7-9-17(10-8-14)25-18(12-21-30(3,27)28)23-24-20(25)29-13-19(26)22-16-6-4-5-15(2)11-16/h4-11,21H,12-13H2,1-3H3,(H,22,26). The van der Waals surface area contributed by atoms with E-state index in [1.165, 1.54) is 11.8 Å². The number of anilines is 1. The van der Waals surface area contributed by atoms with Crippen LogP contribution in [0.25, 0.3) is 5.69 Å². The van der Waals surface area contributed by atoms with Crippen molar-refractivity contribution in [1.29, 1.82) is 0 Å². The van der Waals surface area contributed by atoms with Crippen LogP contribution in [0, 0.1) is 13.8 Å². The van der Waals surface area contributed by atoms with E-state index >= 15 is 0 Å². The van der Waals surface area contributed by atoms with Crippen molar-refractivity contribution in [2.75, 3.05) is 17.3 Å². The topological polar surface area (TPSA) is 106 Å². The van der Waals surface area contributed by atoms with Crippen LogP contribution in [0.5, 0.6) is 0 Å². The maximum Gasteiger partial charge on any atom is 0.234 e. The first-order valence-electron chi connectivity index (χ1n) is 9.16. The SMILES string of the molecule is Cc1ccc(-n2c(CNS(C)(=O)=O)nnc2SCC(=O)Nc2cccc(C)c2)cc1. The van der Waals surface area contributed by atoms with Crippen LogP contribution in [-0.4, -0.2) is 41.1 Å². The fraction of sp³-hybridized carbons (Fsp3) is 0.250. The van der Waals surface area contributed by atoms with Crippen molar-refractivity contribution < 1.29 is 13.2 Å². The Balaban J connectivity index is 1.78. The van der Waals surface area contributed by atoms with Crippen molar-refractivity contribution in [2.24, 2.45) is 0 Å². The molecule has 0 saturated carbocycles. The van der Waals surface area contributed by atoms with Gasteiger partial charge in [0.2, 0.25) is 15.9 Å². The molecule has 0 unspecified atom stereocenters. The third-order valence-corrected chi connectivity index (χ3v) is 5.72. The molecule has 0 spiro atoms. The predicted octanol–water partition coefficient (Wildman–Crippen LogP) is 2.66. The van der Waals surface area contributed by atoms with Crippen molar-refractivity contribution in [3.63, 3.8) is 0 Å². The monoisotopic (exact) mass is 445 g/mol. The zero-order chi connectivity index (χ0) is 21.7. The van der Waals surface area contributed by atoms with Gasteiger partial charge in [-0.3, -0.25) is 9.36 Å². The zero-order valence-electron chi connectivity index (χ0n) is 16.9. The molecule has 8 nitrogen and oxygen atoms in total. The summed E-state index contributed by atoms with van der Waals surface area (Å²) in [4.78, 5) is 12.4. The quantitative estimate of drug-likeness (QED) is 0.517. The molecule has 0 radical (unpaired) electrons. The minimum absolute atomic E-state index is 0.00421. The molecule has 3 rings (SSSR count). The summed E-state index contributed by atoms with van der Waals surface area (Å²) in [7, 11) is -3.38. The third kappa shape index (κ3) is 6.15. The second kappa shape index (κ2) is 9.41. The van der Waals surface area contributed by atoms with Gasteiger partial charge in [-0.2, -0.15) is 0 Å². The van der Waals surface area contributed by atoms with E-state index in [4.69, 9.17) is 0 Å². The Bertz CT molecular complexity index is 1140. The number of aromatic nitrogens is 3. The Kier molecular flexibility index (Phi) is 6.91. The summed E-state index contributed by atoms with van der Waals surface area (Å²) in [6, 6.07) is 15.3. The number of aryl methyl sites for hydroxylation is 2. The van der Waals surface area contributed by atoms with Crippen molar-refractivity contribution in [1.82, 2.24) is 19.5 Å². The summed E-state index contributed by atoms with van der Waals surface area (Å²) in [6.45, 7) is 3.93. The normalized spacial score (nSPS) is 11.4. The van der Waals surface area contributed by atoms with Gasteiger partial charge in [-0.25, -0.2) is 13.1 Å². The number of thioether (sulfide) groups is 1. The van der Waals surface area contributed by atoms with E-state index < -0.39 is 10.0 Å². The lowest BCUT2D eigenvalue weighted by Gasteiger charge is -2.11. The number of sulfonamides is 1. The summed E-state index contributed by atoms with van der Waals surface area (Å²) in [6.07, 6.45) is 1.09. The Morgan fingerprint density at radius 1 is 1.07 bits per heavy atom. The van der Waals surface area contributed by atoms with Gasteiger partial charge in [0.25, 0.3) is 0 Å². The van der Waals surface area contributed by atoms with Crippen molar-refractivity contribution >= 4 is 33.4 Å². The highest BCUT2D eigenvalue weighted by Crippen LogP contribution is 2.23. The van der Waals surface area contributed by atoms with Crippen molar-refractivity contribution in [3.8, 4) is 5.69 Å². The van der Waals surface area contributed by atoms with Crippen LogP contribution in [0.2, 0.25) is 0 Å². The molecule has 158 valence electrons. The number of carbonyl (C=O) groups is 1. The molecule has 0 aliphatic rings. The van der Waals surface area contributed by atoms with Gasteiger partial charge in [-0.05, 0) is 43.7 Å². The molecule has 0 aliphatic heterocycles. The number of hydrogen-bond acceptors (Lipinski definition) is 6. The number of rotatable bonds is 8. The minimum Gasteiger partial charge on any atom is -0.325 e. The maximum atomic E-state index is 12.4. The molecule has 1 aromatic heterocycles. The van der Waals surface area contributed by atoms with Gasteiger partial charge in [0.05, 0.1) is 18.6 Å². The van der Waals surface area contributed by atoms with Gasteiger partial charge in [-0.15, -0.1) is 10.2 Å². The number of amides is 1. The van der Waals surface area contributed by atoms with E-state index in [-0.39, 0.29) is 18.2 Å². The van der Waals surface area contributed by atoms with Crippen molar-refractivity contribution in [3.05, 3.63) is 65.5 Å². The van der Waals surface area contributed by atoms with Crippen LogP contribution in [-0.2, 0) is 21.4 Å². The predicted molar refractivity (Wildman–Crippen MR) is 118 cm³/mol. The van der Waals surface area contributed by atoms with Gasteiger partial charge in [0.15, 0.2) is 11.0 Å². The van der Waals surface area contributed by atoms with Gasteiger partial charge in [0.1, 0.15) is 0 Å². The van der Waals surface area contributed by atoms with Crippen LogP contribution < -0.4 is 10.0 Å². The van der Waals surface area contributed by atoms with Crippen LogP contribution in [0.4, 0.5) is 5.69 Å². The number of carbonyl (C=O) groups excluding carboxylic acids is 1. The van der Waals surface area contributed by atoms with Crippen LogP contribution in [0.3, 0.4) is 0 Å². The lowest BCUT2D eigenvalue weighted by atomic mass is 10.2. The molecular formula is C20H23N5O3S2. The highest BCUT2D eigenvalue weighted by Gasteiger charge is 2.17. The molecule has 0 saturated heterocycles. The van der Waals surface area contributed by atoms with E-state index in [1.54, 1.807) is 4.57 Å². The summed E-state index contributed by atoms with van der Waals surface area (Å²) in [5, 5.41) is 11.7. The lowest BCUT2D eigenvalue weighted by molar-refractivity contribution is -0.113. The molecule has 2 aromatic carbocycles. The van der Waals surface area contributed by atoms with E-state index in [0.29, 0.717) is 11.0 Å². The van der Waals surface area contributed by atoms with Crippen molar-refractivity contribution in [2.45, 2.75) is 25.5 Å². The molecule has 0 aliphatic carbocycles. The average Bonchev–Trinajstić information content (AvgIpc) is 3.08. The number of hydrogen-bond donors (Lipinski definition) is 2. The van der Waals surface area contributed by atoms with Gasteiger partial charge in [0, 0.05) is 11.4 Å². The molecule has 0 atom stereocenters. The number of benzene rings is 2. The van der Waals surface area contributed by atoms with E-state index in [0.717, 1.165) is 28.8 Å². The molecule has 2 N–H and O–H groups in total. The molecule has 0 fully saturated rings. The molecule has 0 bridgehead atoms. The highest BCUT2D eigenvalue weighted by atomic mass is 32.2. The van der Waals surface area contributed by atoms with Gasteiger partial charge in [-0.1, -0.05) is 41.6 Å². The molecule has 10 heteroatoms. The Labute approximate surface area is 180 Å². The molecule has 1 amide bonds. The average molecular weight is 446 g/mol. The first-order valence-corrected chi connectivity index (χ1v) is 12.0. The summed E-state index contributed by atoms with van der Waals surface area (Å²) in [5.74, 6) is 0.406. The van der Waals surface area contributed by atoms with E-state index in [2.05, 4.69) is 20.2 Å². The highest BCUT2D eigenvalue weighted by molar-refractivity contribution is 7.99. The maximum absolute atomic E-state index is 12.4. The minimum atomic E-state index is -3.38. The first kappa shape index (κ1) is 22.0. The van der Waals surface area contributed by atoms with E-state index in [1.807, 2.05) is 62.4 Å². The first-order chi connectivity index (χ1) is 14.2. The van der Waals surface area contributed by atoms with Gasteiger partial charge >= 0.3 is 0 Å². The second-order valence-corrected chi connectivity index (χ2v) is 9.64. The summed E-state index contributed by atoms with van der Waals surface area (Å²) >= 11 is 1.23. The fourth-order valence-corrected chi connectivity index (χ4v) is 3.87. The van der Waals surface area contributed by atoms with Crippen LogP contribution in [0.1, 0.15) is 17.0 Å². The largest absolute Gasteiger partial charge is 0.325 e. The fourth-order valence-electron chi connectivity index (χ4n) is 2.71. The van der Waals surface area contributed by atoms with Crippen LogP contribution >= 0.6 is 11.8 Å². The summed E-state index contributed by atoms with van der Waals surface area (Å²) < 4.78 is 27.2. The molecule has 30 heavy (non-hydrogen) atoms. The Morgan fingerprint density at radius 2 is 1.80 bits per heavy atom. The Morgan fingerprint density at radius 3 is 2.47 bits per heavy atom. The van der Waals surface area contributed by atoms with E-state index in [9.17, 15) is 13.2 Å². The third-order valence-electron chi connectivity index (χ3n) is 4.12. The smallest absolute Gasteiger partial charge is 0.234 e. The molecule has 1 heterocycles.